The van der Waals surface area contributed by atoms with E-state index in [9.17, 15) is 4.79 Å². The van der Waals surface area contributed by atoms with Gasteiger partial charge in [-0.15, -0.1) is 0 Å². The molecule has 26 heavy (non-hydrogen) atoms. The molecule has 7 nitrogen and oxygen atoms in total. The SMILES string of the molecule is C[C@H]1CCCN(C[C@H]2CC3(CCN(C(=O)c4ncnn4C)CC3)CO2)C1. The van der Waals surface area contributed by atoms with E-state index in [1.165, 1.54) is 32.3 Å². The third-order valence-electron chi connectivity index (χ3n) is 6.50. The molecular formula is C19H31N5O2. The van der Waals surface area contributed by atoms with Crippen LogP contribution in [-0.2, 0) is 11.8 Å². The van der Waals surface area contributed by atoms with Gasteiger partial charge in [0.1, 0.15) is 6.33 Å². The summed E-state index contributed by atoms with van der Waals surface area (Å²) in [6.07, 6.45) is 7.69. The fourth-order valence-corrected chi connectivity index (χ4v) is 4.92. The molecule has 144 valence electrons. The molecule has 4 rings (SSSR count). The number of piperidine rings is 2. The van der Waals surface area contributed by atoms with E-state index in [0.29, 0.717) is 11.9 Å². The standard InChI is InChI=1S/C19H31N5O2/c1-15-4-3-7-23(11-15)12-16-10-19(13-26-16)5-8-24(9-6-19)18(25)17-20-14-21-22(17)2/h14-16H,3-13H2,1-2H3/t15-,16+/m0/s1. The zero-order chi connectivity index (χ0) is 18.1. The molecule has 3 aliphatic heterocycles. The number of ether oxygens (including phenoxy) is 1. The van der Waals surface area contributed by atoms with Crippen molar-refractivity contribution in [3.05, 3.63) is 12.2 Å². The molecule has 2 atom stereocenters. The van der Waals surface area contributed by atoms with Crippen molar-refractivity contribution >= 4 is 5.91 Å². The second-order valence-electron chi connectivity index (χ2n) is 8.64. The normalized spacial score (nSPS) is 29.4. The maximum atomic E-state index is 12.6. The lowest BCUT2D eigenvalue weighted by Gasteiger charge is -2.38. The van der Waals surface area contributed by atoms with Crippen LogP contribution in [0.25, 0.3) is 0 Å². The Bertz CT molecular complexity index is 638. The van der Waals surface area contributed by atoms with E-state index >= 15 is 0 Å². The molecule has 1 aromatic rings. The summed E-state index contributed by atoms with van der Waals surface area (Å²) in [6.45, 7) is 8.31. The molecule has 0 aromatic carbocycles. The monoisotopic (exact) mass is 361 g/mol. The molecular weight excluding hydrogens is 330 g/mol. The van der Waals surface area contributed by atoms with Crippen LogP contribution in [-0.4, -0.2) is 75.9 Å². The molecule has 3 saturated heterocycles. The van der Waals surface area contributed by atoms with Crippen LogP contribution < -0.4 is 0 Å². The number of aryl methyl sites for hydroxylation is 1. The Kier molecular flexibility index (Phi) is 5.01. The van der Waals surface area contributed by atoms with E-state index in [2.05, 4.69) is 21.9 Å². The second kappa shape index (κ2) is 7.27. The van der Waals surface area contributed by atoms with Gasteiger partial charge >= 0.3 is 0 Å². The molecule has 0 bridgehead atoms. The average Bonchev–Trinajstić information content (AvgIpc) is 3.22. The first-order valence-corrected chi connectivity index (χ1v) is 10.0. The van der Waals surface area contributed by atoms with Gasteiger partial charge in [0.05, 0.1) is 12.7 Å². The van der Waals surface area contributed by atoms with Crippen molar-refractivity contribution in [2.24, 2.45) is 18.4 Å². The Morgan fingerprint density at radius 2 is 2.15 bits per heavy atom. The number of likely N-dealkylation sites (tertiary alicyclic amines) is 2. The Labute approximate surface area is 155 Å². The van der Waals surface area contributed by atoms with Crippen molar-refractivity contribution in [1.82, 2.24) is 24.6 Å². The van der Waals surface area contributed by atoms with Crippen LogP contribution in [0.15, 0.2) is 6.33 Å². The predicted octanol–water partition coefficient (Wildman–Crippen LogP) is 1.56. The van der Waals surface area contributed by atoms with Gasteiger partial charge in [0.25, 0.3) is 5.91 Å². The fraction of sp³-hybridized carbons (Fsp3) is 0.842. The zero-order valence-corrected chi connectivity index (χ0v) is 16.1. The Hall–Kier alpha value is -1.47. The van der Waals surface area contributed by atoms with Gasteiger partial charge < -0.3 is 14.5 Å². The van der Waals surface area contributed by atoms with E-state index in [0.717, 1.165) is 51.4 Å². The molecule has 0 radical (unpaired) electrons. The van der Waals surface area contributed by atoms with Crippen molar-refractivity contribution in [1.29, 1.82) is 0 Å². The molecule has 0 aliphatic carbocycles. The summed E-state index contributed by atoms with van der Waals surface area (Å²) in [6, 6.07) is 0. The number of carbonyl (C=O) groups is 1. The highest BCUT2D eigenvalue weighted by atomic mass is 16.5. The highest BCUT2D eigenvalue weighted by molar-refractivity contribution is 5.90. The lowest BCUT2D eigenvalue weighted by Crippen LogP contribution is -2.44. The number of amides is 1. The fourth-order valence-electron chi connectivity index (χ4n) is 4.92. The van der Waals surface area contributed by atoms with Crippen LogP contribution in [0.2, 0.25) is 0 Å². The van der Waals surface area contributed by atoms with Gasteiger partial charge in [-0.3, -0.25) is 4.79 Å². The summed E-state index contributed by atoms with van der Waals surface area (Å²) in [5, 5.41) is 4.01. The highest BCUT2D eigenvalue weighted by Gasteiger charge is 2.43. The topological polar surface area (TPSA) is 63.5 Å². The molecule has 1 aromatic heterocycles. The van der Waals surface area contributed by atoms with E-state index < -0.39 is 0 Å². The zero-order valence-electron chi connectivity index (χ0n) is 16.1. The van der Waals surface area contributed by atoms with E-state index in [1.54, 1.807) is 11.7 Å². The Morgan fingerprint density at radius 3 is 2.85 bits per heavy atom. The van der Waals surface area contributed by atoms with Crippen LogP contribution in [0.5, 0.6) is 0 Å². The minimum absolute atomic E-state index is 0.00220. The first kappa shape index (κ1) is 17.9. The summed E-state index contributed by atoms with van der Waals surface area (Å²) in [7, 11) is 1.77. The summed E-state index contributed by atoms with van der Waals surface area (Å²) in [4.78, 5) is 21.2. The molecule has 3 aliphatic rings. The first-order valence-electron chi connectivity index (χ1n) is 10.0. The molecule has 1 spiro atoms. The molecule has 3 fully saturated rings. The minimum Gasteiger partial charge on any atom is -0.376 e. The summed E-state index contributed by atoms with van der Waals surface area (Å²) < 4.78 is 7.76. The predicted molar refractivity (Wildman–Crippen MR) is 97.8 cm³/mol. The van der Waals surface area contributed by atoms with Crippen molar-refractivity contribution in [3.63, 3.8) is 0 Å². The van der Waals surface area contributed by atoms with E-state index in [1.807, 2.05) is 4.90 Å². The average molecular weight is 361 g/mol. The Morgan fingerprint density at radius 1 is 1.35 bits per heavy atom. The summed E-state index contributed by atoms with van der Waals surface area (Å²) >= 11 is 0. The van der Waals surface area contributed by atoms with Crippen molar-refractivity contribution < 1.29 is 9.53 Å². The molecule has 0 N–H and O–H groups in total. The third-order valence-corrected chi connectivity index (χ3v) is 6.50. The summed E-state index contributed by atoms with van der Waals surface area (Å²) in [5.41, 5.74) is 0.267. The van der Waals surface area contributed by atoms with Gasteiger partial charge in [0.2, 0.25) is 5.82 Å². The van der Waals surface area contributed by atoms with Crippen molar-refractivity contribution in [3.8, 4) is 0 Å². The van der Waals surface area contributed by atoms with Gasteiger partial charge in [0.15, 0.2) is 0 Å². The molecule has 0 unspecified atom stereocenters. The lowest BCUT2D eigenvalue weighted by atomic mass is 9.76. The largest absolute Gasteiger partial charge is 0.376 e. The van der Waals surface area contributed by atoms with Crippen molar-refractivity contribution in [2.45, 2.75) is 45.1 Å². The molecule has 1 amide bonds. The molecule has 7 heteroatoms. The number of hydrogen-bond donors (Lipinski definition) is 0. The van der Waals surface area contributed by atoms with E-state index in [-0.39, 0.29) is 11.3 Å². The maximum Gasteiger partial charge on any atom is 0.291 e. The second-order valence-corrected chi connectivity index (χ2v) is 8.64. The molecule has 0 saturated carbocycles. The molecule has 4 heterocycles. The Balaban J connectivity index is 1.29. The van der Waals surface area contributed by atoms with E-state index in [4.69, 9.17) is 4.74 Å². The van der Waals surface area contributed by atoms with Crippen LogP contribution in [0.3, 0.4) is 0 Å². The van der Waals surface area contributed by atoms with Gasteiger partial charge in [-0.1, -0.05) is 6.92 Å². The van der Waals surface area contributed by atoms with Gasteiger partial charge in [-0.05, 0) is 50.0 Å². The number of rotatable bonds is 3. The first-order chi connectivity index (χ1) is 12.5. The van der Waals surface area contributed by atoms with Crippen LogP contribution in [0.4, 0.5) is 0 Å². The third kappa shape index (κ3) is 3.64. The number of hydrogen-bond acceptors (Lipinski definition) is 5. The van der Waals surface area contributed by atoms with Crippen molar-refractivity contribution in [2.75, 3.05) is 39.3 Å². The number of carbonyl (C=O) groups excluding carboxylic acids is 1. The van der Waals surface area contributed by atoms with Crippen LogP contribution in [0.1, 0.15) is 49.6 Å². The quantitative estimate of drug-likeness (QED) is 0.817. The smallest absolute Gasteiger partial charge is 0.291 e. The van der Waals surface area contributed by atoms with Crippen LogP contribution in [0, 0.1) is 11.3 Å². The number of nitrogens with zero attached hydrogens (tertiary/aromatic N) is 5. The van der Waals surface area contributed by atoms with Gasteiger partial charge in [0, 0.05) is 33.2 Å². The minimum atomic E-state index is -0.00220. The highest BCUT2D eigenvalue weighted by Crippen LogP contribution is 2.42. The summed E-state index contributed by atoms with van der Waals surface area (Å²) in [5.74, 6) is 1.24. The lowest BCUT2D eigenvalue weighted by molar-refractivity contribution is 0.0396. The maximum absolute atomic E-state index is 12.6. The van der Waals surface area contributed by atoms with Gasteiger partial charge in [-0.2, -0.15) is 5.10 Å². The van der Waals surface area contributed by atoms with Crippen LogP contribution >= 0.6 is 0 Å². The number of aromatic nitrogens is 3. The van der Waals surface area contributed by atoms with Gasteiger partial charge in [-0.25, -0.2) is 9.67 Å².